The number of hydrogen-bond donors (Lipinski definition) is 2. The fraction of sp³-hybridized carbons (Fsp3) is 0.302. The summed E-state index contributed by atoms with van der Waals surface area (Å²) in [6.07, 6.45) is -0.266. The minimum Gasteiger partial charge on any atom is -0.455 e. The molecule has 1 fully saturated rings. The van der Waals surface area contributed by atoms with E-state index in [0.29, 0.717) is 17.5 Å². The number of esters is 1. The van der Waals surface area contributed by atoms with Crippen LogP contribution in [0.1, 0.15) is 53.1 Å². The number of β-lactam (4-membered cyclic amide) rings is 1. The number of amides is 3. The highest BCUT2D eigenvalue weighted by molar-refractivity contribution is 8.00. The zero-order valence-electron chi connectivity index (χ0n) is 31.4. The van der Waals surface area contributed by atoms with Crippen molar-refractivity contribution in [2.24, 2.45) is 0 Å². The van der Waals surface area contributed by atoms with Gasteiger partial charge in [0, 0.05) is 11.3 Å². The Morgan fingerprint density at radius 2 is 1.20 bits per heavy atom. The van der Waals surface area contributed by atoms with Gasteiger partial charge in [-0.25, -0.2) is 9.59 Å². The molecule has 0 unspecified atom stereocenters. The molecule has 2 N–H and O–H groups in total. The summed E-state index contributed by atoms with van der Waals surface area (Å²) in [6.45, 7) is 10.6. The molecule has 280 valence electrons. The van der Waals surface area contributed by atoms with E-state index in [1.807, 2.05) is 60.7 Å². The van der Waals surface area contributed by atoms with Crippen molar-refractivity contribution in [2.75, 3.05) is 11.9 Å². The standard InChI is InChI=1S/C43H46N3O6PS/c1-42(2,3)51-40(49)36-30(27-53(31-21-13-8-14-22-31,32-23-15-9-16-24-32)33-25-17-10-18-26-33)28-54-39-35(38(48)46(36)39)44-37(47)34(29-19-11-7-12-20-29)45-41(50)52-43(4,5)6/h7-26,34-35,39H,27-28H2,1-6H3,(H-,44,45,47,50)/p+1/t34-,35-,39-/m1/s1. The summed E-state index contributed by atoms with van der Waals surface area (Å²) in [5.74, 6) is -1.14. The van der Waals surface area contributed by atoms with Gasteiger partial charge in [-0.3, -0.25) is 14.5 Å². The van der Waals surface area contributed by atoms with Crippen LogP contribution in [0.5, 0.6) is 0 Å². The first-order valence-electron chi connectivity index (χ1n) is 18.0. The summed E-state index contributed by atoms with van der Waals surface area (Å²) in [5.41, 5.74) is -0.0444. The summed E-state index contributed by atoms with van der Waals surface area (Å²) in [5, 5.41) is 8.45. The molecule has 0 spiro atoms. The minimum atomic E-state index is -2.44. The maximum atomic E-state index is 14.3. The highest BCUT2D eigenvalue weighted by atomic mass is 32.2. The van der Waals surface area contributed by atoms with Gasteiger partial charge in [-0.15, -0.1) is 11.8 Å². The lowest BCUT2D eigenvalue weighted by molar-refractivity contribution is -0.159. The molecule has 4 aromatic carbocycles. The van der Waals surface area contributed by atoms with Crippen LogP contribution in [0.4, 0.5) is 4.79 Å². The average Bonchev–Trinajstić information content (AvgIpc) is 3.14. The van der Waals surface area contributed by atoms with Gasteiger partial charge < -0.3 is 20.1 Å². The third-order valence-electron chi connectivity index (χ3n) is 9.01. The summed E-state index contributed by atoms with van der Waals surface area (Å²) in [6, 6.07) is 37.8. The highest BCUT2D eigenvalue weighted by Gasteiger charge is 2.57. The number of fused-ring (bicyclic) bond motifs is 1. The van der Waals surface area contributed by atoms with E-state index in [1.54, 1.807) is 65.8 Å². The topological polar surface area (TPSA) is 114 Å². The molecule has 9 nitrogen and oxygen atoms in total. The first-order chi connectivity index (χ1) is 25.7. The van der Waals surface area contributed by atoms with Crippen LogP contribution in [0.2, 0.25) is 0 Å². The number of ether oxygens (including phenoxy) is 2. The third kappa shape index (κ3) is 8.40. The van der Waals surface area contributed by atoms with Crippen LogP contribution in [0, 0.1) is 0 Å². The zero-order chi connectivity index (χ0) is 38.7. The number of benzene rings is 4. The van der Waals surface area contributed by atoms with Gasteiger partial charge in [-0.2, -0.15) is 0 Å². The van der Waals surface area contributed by atoms with Crippen molar-refractivity contribution >= 4 is 58.8 Å². The summed E-state index contributed by atoms with van der Waals surface area (Å²) >= 11 is 1.50. The Morgan fingerprint density at radius 3 is 1.67 bits per heavy atom. The molecule has 3 amide bonds. The third-order valence-corrected chi connectivity index (χ3v) is 14.7. The van der Waals surface area contributed by atoms with Crippen molar-refractivity contribution in [3.8, 4) is 0 Å². The lowest BCUT2D eigenvalue weighted by atomic mass is 10.0. The number of rotatable bonds is 10. The van der Waals surface area contributed by atoms with E-state index in [1.165, 1.54) is 16.7 Å². The number of carbonyl (C=O) groups excluding carboxylic acids is 4. The predicted molar refractivity (Wildman–Crippen MR) is 216 cm³/mol. The van der Waals surface area contributed by atoms with Crippen molar-refractivity contribution in [1.82, 2.24) is 15.5 Å². The normalized spacial score (nSPS) is 17.8. The Balaban J connectivity index is 1.38. The van der Waals surface area contributed by atoms with E-state index in [9.17, 15) is 19.2 Å². The Morgan fingerprint density at radius 1 is 0.741 bits per heavy atom. The van der Waals surface area contributed by atoms with E-state index >= 15 is 0 Å². The van der Waals surface area contributed by atoms with Crippen LogP contribution in [0.3, 0.4) is 0 Å². The van der Waals surface area contributed by atoms with Crippen LogP contribution < -0.4 is 26.5 Å². The molecule has 2 heterocycles. The second-order valence-corrected chi connectivity index (χ2v) is 19.9. The molecule has 0 aliphatic carbocycles. The Labute approximate surface area is 322 Å². The molecule has 3 atom stereocenters. The molecule has 4 aromatic rings. The van der Waals surface area contributed by atoms with Crippen molar-refractivity contribution < 1.29 is 28.7 Å². The molecular weight excluding hydrogens is 718 g/mol. The van der Waals surface area contributed by atoms with Crippen molar-refractivity contribution in [1.29, 1.82) is 0 Å². The Hall–Kier alpha value is -4.92. The van der Waals surface area contributed by atoms with E-state index < -0.39 is 59.8 Å². The lowest BCUT2D eigenvalue weighted by Gasteiger charge is -2.50. The summed E-state index contributed by atoms with van der Waals surface area (Å²) < 4.78 is 11.5. The van der Waals surface area contributed by atoms with Gasteiger partial charge in [0.2, 0.25) is 5.91 Å². The van der Waals surface area contributed by atoms with Crippen LogP contribution in [-0.2, 0) is 23.9 Å². The van der Waals surface area contributed by atoms with Crippen molar-refractivity contribution in [3.05, 3.63) is 138 Å². The molecule has 0 radical (unpaired) electrons. The average molecular weight is 765 g/mol. The van der Waals surface area contributed by atoms with Gasteiger partial charge in [0.05, 0.1) is 6.16 Å². The SMILES string of the molecule is CC(C)(C)OC(=O)N[C@@H](C(=O)N[C@@H]1C(=O)N2C(C(=O)OC(C)(C)C)=C(C[P+](c3ccccc3)(c3ccccc3)c3ccccc3)CS[C@H]12)c1ccccc1. The first-order valence-corrected chi connectivity index (χ1v) is 21.0. The number of hydrogen-bond acceptors (Lipinski definition) is 7. The van der Waals surface area contributed by atoms with Gasteiger partial charge in [0.1, 0.15) is 57.5 Å². The van der Waals surface area contributed by atoms with E-state index in [4.69, 9.17) is 9.47 Å². The van der Waals surface area contributed by atoms with Gasteiger partial charge in [-0.1, -0.05) is 84.9 Å². The number of nitrogens with one attached hydrogen (secondary N) is 2. The van der Waals surface area contributed by atoms with Crippen molar-refractivity contribution in [3.63, 3.8) is 0 Å². The second kappa shape index (κ2) is 15.8. The van der Waals surface area contributed by atoms with Crippen LogP contribution >= 0.6 is 19.0 Å². The molecular formula is C43H47N3O6PS+. The van der Waals surface area contributed by atoms with Crippen LogP contribution in [0.25, 0.3) is 0 Å². The molecule has 2 aliphatic rings. The van der Waals surface area contributed by atoms with Crippen LogP contribution in [0.15, 0.2) is 133 Å². The lowest BCUT2D eigenvalue weighted by Crippen LogP contribution is -2.71. The fourth-order valence-corrected chi connectivity index (χ4v) is 12.6. The van der Waals surface area contributed by atoms with Crippen molar-refractivity contribution in [2.45, 2.75) is 70.2 Å². The summed E-state index contributed by atoms with van der Waals surface area (Å²) in [4.78, 5) is 56.8. The quantitative estimate of drug-likeness (QED) is 0.112. The Kier molecular flexibility index (Phi) is 11.4. The monoisotopic (exact) mass is 764 g/mol. The maximum absolute atomic E-state index is 14.3. The smallest absolute Gasteiger partial charge is 0.408 e. The molecule has 6 rings (SSSR count). The number of alkyl carbamates (subject to hydrolysis) is 1. The van der Waals surface area contributed by atoms with Gasteiger partial charge in [0.15, 0.2) is 0 Å². The number of thioether (sulfide) groups is 1. The molecule has 0 bridgehead atoms. The van der Waals surface area contributed by atoms with Gasteiger partial charge >= 0.3 is 12.1 Å². The van der Waals surface area contributed by atoms with E-state index in [2.05, 4.69) is 47.0 Å². The molecule has 2 aliphatic heterocycles. The zero-order valence-corrected chi connectivity index (χ0v) is 33.2. The van der Waals surface area contributed by atoms with Crippen LogP contribution in [-0.4, -0.2) is 63.3 Å². The molecule has 54 heavy (non-hydrogen) atoms. The minimum absolute atomic E-state index is 0.225. The maximum Gasteiger partial charge on any atom is 0.408 e. The van der Waals surface area contributed by atoms with Gasteiger partial charge in [0.25, 0.3) is 5.91 Å². The predicted octanol–water partition coefficient (Wildman–Crippen LogP) is 6.24. The van der Waals surface area contributed by atoms with Gasteiger partial charge in [-0.05, 0) is 83.5 Å². The van der Waals surface area contributed by atoms with E-state index in [-0.39, 0.29) is 5.70 Å². The molecule has 1 saturated heterocycles. The molecule has 11 heteroatoms. The van der Waals surface area contributed by atoms with E-state index in [0.717, 1.165) is 21.5 Å². The summed E-state index contributed by atoms with van der Waals surface area (Å²) in [7, 11) is -2.44. The molecule has 0 saturated carbocycles. The second-order valence-electron chi connectivity index (χ2n) is 15.3. The number of nitrogens with zero attached hydrogens (tertiary/aromatic N) is 1. The molecule has 0 aromatic heterocycles. The first kappa shape index (κ1) is 38.8. The fourth-order valence-electron chi connectivity index (χ4n) is 6.78. The largest absolute Gasteiger partial charge is 0.455 e. The highest BCUT2D eigenvalue weighted by Crippen LogP contribution is 2.58. The Bertz CT molecular complexity index is 1920. The number of carbonyl (C=O) groups is 4.